The molecule has 2 unspecified atom stereocenters. The molecule has 4 nitrogen and oxygen atoms in total. The van der Waals surface area contributed by atoms with Crippen molar-refractivity contribution in [3.8, 4) is 0 Å². The molecule has 112 valence electrons. The van der Waals surface area contributed by atoms with Crippen LogP contribution in [0.15, 0.2) is 29.2 Å². The van der Waals surface area contributed by atoms with E-state index in [1.54, 1.807) is 16.4 Å². The van der Waals surface area contributed by atoms with Gasteiger partial charge in [-0.3, -0.25) is 0 Å². The second-order valence-electron chi connectivity index (χ2n) is 5.79. The lowest BCUT2D eigenvalue weighted by Crippen LogP contribution is -2.42. The molecule has 0 radical (unpaired) electrons. The number of rotatable bonds is 4. The summed E-state index contributed by atoms with van der Waals surface area (Å²) < 4.78 is 26.8. The Balaban J connectivity index is 2.17. The van der Waals surface area contributed by atoms with Crippen LogP contribution in [0.25, 0.3) is 0 Å². The van der Waals surface area contributed by atoms with Gasteiger partial charge >= 0.3 is 0 Å². The molecule has 0 spiro atoms. The third-order valence-electron chi connectivity index (χ3n) is 4.29. The van der Waals surface area contributed by atoms with E-state index in [2.05, 4.69) is 13.8 Å². The minimum atomic E-state index is -3.35. The van der Waals surface area contributed by atoms with Crippen LogP contribution in [0.4, 0.5) is 0 Å². The van der Waals surface area contributed by atoms with Crippen molar-refractivity contribution in [2.45, 2.75) is 31.6 Å². The highest BCUT2D eigenvalue weighted by Crippen LogP contribution is 2.27. The van der Waals surface area contributed by atoms with Gasteiger partial charge in [0.2, 0.25) is 10.0 Å². The van der Waals surface area contributed by atoms with E-state index in [0.29, 0.717) is 36.4 Å². The van der Waals surface area contributed by atoms with Crippen molar-refractivity contribution in [2.75, 3.05) is 19.6 Å². The molecule has 0 saturated carbocycles. The average molecular weight is 296 g/mol. The first-order chi connectivity index (χ1) is 9.45. The Labute approximate surface area is 122 Å². The van der Waals surface area contributed by atoms with E-state index in [1.165, 1.54) is 0 Å². The van der Waals surface area contributed by atoms with Gasteiger partial charge in [-0.2, -0.15) is 4.31 Å². The lowest BCUT2D eigenvalue weighted by atomic mass is 9.90. The second kappa shape index (κ2) is 6.24. The summed E-state index contributed by atoms with van der Waals surface area (Å²) in [5.41, 5.74) is 6.58. The minimum absolute atomic E-state index is 0.389. The quantitative estimate of drug-likeness (QED) is 0.922. The lowest BCUT2D eigenvalue weighted by Gasteiger charge is -2.34. The predicted octanol–water partition coefficient (Wildman–Crippen LogP) is 1.85. The Kier molecular flexibility index (Phi) is 4.83. The Hall–Kier alpha value is -0.910. The summed E-state index contributed by atoms with van der Waals surface area (Å²) in [6.07, 6.45) is 1.71. The van der Waals surface area contributed by atoms with Crippen molar-refractivity contribution in [3.05, 3.63) is 29.8 Å². The molecule has 1 aliphatic heterocycles. The predicted molar refractivity (Wildman–Crippen MR) is 80.9 cm³/mol. The Morgan fingerprint density at radius 1 is 1.20 bits per heavy atom. The molecule has 2 rings (SSSR count). The first-order valence-corrected chi connectivity index (χ1v) is 8.68. The maximum Gasteiger partial charge on any atom is 0.243 e. The number of hydrogen-bond donors (Lipinski definition) is 1. The van der Waals surface area contributed by atoms with Crippen LogP contribution in [0.5, 0.6) is 0 Å². The van der Waals surface area contributed by atoms with Gasteiger partial charge in [-0.05, 0) is 48.9 Å². The molecule has 1 fully saturated rings. The average Bonchev–Trinajstić information content (AvgIpc) is 2.43. The molecule has 5 heteroatoms. The summed E-state index contributed by atoms with van der Waals surface area (Å²) in [4.78, 5) is 0.389. The van der Waals surface area contributed by atoms with Crippen LogP contribution in [0, 0.1) is 11.8 Å². The fourth-order valence-electron chi connectivity index (χ4n) is 2.59. The topological polar surface area (TPSA) is 63.4 Å². The van der Waals surface area contributed by atoms with Gasteiger partial charge in [0, 0.05) is 13.1 Å². The molecule has 2 N–H and O–H groups in total. The summed E-state index contributed by atoms with van der Waals surface area (Å²) in [5.74, 6) is 1.00. The Bertz CT molecular complexity index is 539. The second-order valence-corrected chi connectivity index (χ2v) is 7.73. The third-order valence-corrected chi connectivity index (χ3v) is 6.17. The molecule has 1 aromatic rings. The molecule has 1 aromatic carbocycles. The lowest BCUT2D eigenvalue weighted by molar-refractivity contribution is 0.212. The Morgan fingerprint density at radius 3 is 2.40 bits per heavy atom. The SMILES string of the molecule is CC1CCN(S(=O)(=O)c2ccc(CCN)cc2)CC1C. The summed E-state index contributed by atoms with van der Waals surface area (Å²) in [6, 6.07) is 7.11. The van der Waals surface area contributed by atoms with Crippen molar-refractivity contribution >= 4 is 10.0 Å². The highest BCUT2D eigenvalue weighted by molar-refractivity contribution is 7.89. The third kappa shape index (κ3) is 3.22. The van der Waals surface area contributed by atoms with Crippen LogP contribution in [-0.2, 0) is 16.4 Å². The van der Waals surface area contributed by atoms with E-state index in [9.17, 15) is 8.42 Å². The maximum atomic E-state index is 12.6. The largest absolute Gasteiger partial charge is 0.330 e. The summed E-state index contributed by atoms with van der Waals surface area (Å²) >= 11 is 0. The van der Waals surface area contributed by atoms with Crippen molar-refractivity contribution in [2.24, 2.45) is 17.6 Å². The van der Waals surface area contributed by atoms with Gasteiger partial charge in [-0.25, -0.2) is 8.42 Å². The van der Waals surface area contributed by atoms with Crippen LogP contribution >= 0.6 is 0 Å². The Morgan fingerprint density at radius 2 is 1.85 bits per heavy atom. The van der Waals surface area contributed by atoms with Crippen LogP contribution < -0.4 is 5.73 Å². The van der Waals surface area contributed by atoms with Crippen LogP contribution in [0.2, 0.25) is 0 Å². The van der Waals surface area contributed by atoms with Crippen molar-refractivity contribution < 1.29 is 8.42 Å². The number of piperidine rings is 1. The maximum absolute atomic E-state index is 12.6. The molecule has 1 saturated heterocycles. The van der Waals surface area contributed by atoms with Gasteiger partial charge in [-0.1, -0.05) is 26.0 Å². The van der Waals surface area contributed by atoms with Crippen molar-refractivity contribution in [3.63, 3.8) is 0 Å². The zero-order chi connectivity index (χ0) is 14.8. The molecule has 1 aliphatic rings. The molecule has 0 bridgehead atoms. The molecule has 0 amide bonds. The van der Waals surface area contributed by atoms with Gasteiger partial charge in [0.25, 0.3) is 0 Å². The zero-order valence-corrected chi connectivity index (χ0v) is 13.1. The van der Waals surface area contributed by atoms with E-state index < -0.39 is 10.0 Å². The summed E-state index contributed by atoms with van der Waals surface area (Å²) in [6.45, 7) is 6.13. The van der Waals surface area contributed by atoms with E-state index >= 15 is 0 Å². The van der Waals surface area contributed by atoms with Gasteiger partial charge in [0.1, 0.15) is 0 Å². The van der Waals surface area contributed by atoms with Gasteiger partial charge in [-0.15, -0.1) is 0 Å². The first kappa shape index (κ1) is 15.5. The summed E-state index contributed by atoms with van der Waals surface area (Å²) in [7, 11) is -3.35. The highest BCUT2D eigenvalue weighted by Gasteiger charge is 2.31. The number of sulfonamides is 1. The molecular weight excluding hydrogens is 272 g/mol. The van der Waals surface area contributed by atoms with E-state index in [1.807, 2.05) is 12.1 Å². The highest BCUT2D eigenvalue weighted by atomic mass is 32.2. The summed E-state index contributed by atoms with van der Waals surface area (Å²) in [5, 5.41) is 0. The number of nitrogens with zero attached hydrogens (tertiary/aromatic N) is 1. The molecule has 20 heavy (non-hydrogen) atoms. The van der Waals surface area contributed by atoms with Gasteiger partial charge in [0.15, 0.2) is 0 Å². The standard InChI is InChI=1S/C15H24N2O2S/c1-12-8-10-17(11-13(12)2)20(18,19)15-5-3-14(4-6-15)7-9-16/h3-6,12-13H,7-11,16H2,1-2H3. The first-order valence-electron chi connectivity index (χ1n) is 7.24. The molecule has 2 atom stereocenters. The normalized spacial score (nSPS) is 24.8. The molecular formula is C15H24N2O2S. The minimum Gasteiger partial charge on any atom is -0.330 e. The van der Waals surface area contributed by atoms with Crippen molar-refractivity contribution in [1.82, 2.24) is 4.31 Å². The zero-order valence-electron chi connectivity index (χ0n) is 12.2. The van der Waals surface area contributed by atoms with E-state index in [4.69, 9.17) is 5.73 Å². The fraction of sp³-hybridized carbons (Fsp3) is 0.600. The van der Waals surface area contributed by atoms with Gasteiger partial charge < -0.3 is 5.73 Å². The van der Waals surface area contributed by atoms with Crippen LogP contribution in [0.1, 0.15) is 25.8 Å². The van der Waals surface area contributed by atoms with Crippen LogP contribution in [-0.4, -0.2) is 32.4 Å². The molecule has 1 heterocycles. The van der Waals surface area contributed by atoms with E-state index in [-0.39, 0.29) is 0 Å². The number of nitrogens with two attached hydrogens (primary N) is 1. The van der Waals surface area contributed by atoms with Crippen LogP contribution in [0.3, 0.4) is 0 Å². The monoisotopic (exact) mass is 296 g/mol. The van der Waals surface area contributed by atoms with Crippen molar-refractivity contribution in [1.29, 1.82) is 0 Å². The number of benzene rings is 1. The van der Waals surface area contributed by atoms with E-state index in [0.717, 1.165) is 18.4 Å². The molecule has 0 aliphatic carbocycles. The fourth-order valence-corrected chi connectivity index (χ4v) is 4.14. The van der Waals surface area contributed by atoms with Gasteiger partial charge in [0.05, 0.1) is 4.90 Å². The number of hydrogen-bond acceptors (Lipinski definition) is 3. The smallest absolute Gasteiger partial charge is 0.243 e. The molecule has 0 aromatic heterocycles.